The van der Waals surface area contributed by atoms with Crippen molar-refractivity contribution < 1.29 is 14.0 Å². The molecule has 0 bridgehead atoms. The Hall–Kier alpha value is -2.08. The van der Waals surface area contributed by atoms with Crippen LogP contribution in [0.5, 0.6) is 0 Å². The molecule has 0 N–H and O–H groups in total. The molecular weight excluding hydrogens is 342 g/mol. The number of hydrogen-bond donors (Lipinski definition) is 0. The fourth-order valence-electron chi connectivity index (χ4n) is 4.02. The number of rotatable bonds is 5. The van der Waals surface area contributed by atoms with Gasteiger partial charge in [-0.3, -0.25) is 14.5 Å². The molecule has 0 spiro atoms. The number of carbonyl (C=O) groups is 2. The van der Waals surface area contributed by atoms with E-state index in [0.717, 1.165) is 50.5 Å². The van der Waals surface area contributed by atoms with E-state index in [-0.39, 0.29) is 11.8 Å². The zero-order chi connectivity index (χ0) is 18.8. The Labute approximate surface area is 160 Å². The van der Waals surface area contributed by atoms with Crippen LogP contribution in [0.1, 0.15) is 43.6 Å². The van der Waals surface area contributed by atoms with Gasteiger partial charge in [0.1, 0.15) is 11.5 Å². The molecule has 4 rings (SSSR count). The largest absolute Gasteiger partial charge is 0.461 e. The molecule has 1 aliphatic carbocycles. The third kappa shape index (κ3) is 4.43. The van der Waals surface area contributed by atoms with Gasteiger partial charge in [0.2, 0.25) is 11.8 Å². The van der Waals surface area contributed by atoms with Crippen molar-refractivity contribution in [2.45, 2.75) is 32.1 Å². The Morgan fingerprint density at radius 1 is 1.07 bits per heavy atom. The molecule has 2 aliphatic heterocycles. The zero-order valence-corrected chi connectivity index (χ0v) is 16.1. The molecule has 6 nitrogen and oxygen atoms in total. The van der Waals surface area contributed by atoms with Crippen LogP contribution in [0, 0.1) is 5.92 Å². The van der Waals surface area contributed by atoms with Gasteiger partial charge < -0.3 is 14.2 Å². The SMILES string of the molecule is CC1CC1c1ccc(/C=C/C(=O)N2CCN(CC(=O)N3CCCC3)CC2)o1. The topological polar surface area (TPSA) is 57.0 Å². The van der Waals surface area contributed by atoms with Crippen molar-refractivity contribution >= 4 is 17.9 Å². The number of nitrogens with zero attached hydrogens (tertiary/aromatic N) is 3. The van der Waals surface area contributed by atoms with Gasteiger partial charge in [-0.1, -0.05) is 6.92 Å². The Morgan fingerprint density at radius 2 is 1.78 bits per heavy atom. The first kappa shape index (κ1) is 18.3. The molecule has 27 heavy (non-hydrogen) atoms. The summed E-state index contributed by atoms with van der Waals surface area (Å²) < 4.78 is 5.82. The second-order valence-corrected chi connectivity index (χ2v) is 8.08. The van der Waals surface area contributed by atoms with Gasteiger partial charge in [0, 0.05) is 51.3 Å². The van der Waals surface area contributed by atoms with Gasteiger partial charge in [-0.15, -0.1) is 0 Å². The Bertz CT molecular complexity index is 712. The highest BCUT2D eigenvalue weighted by molar-refractivity contribution is 5.91. The molecule has 3 aliphatic rings. The molecule has 2 amide bonds. The molecular formula is C21H29N3O3. The summed E-state index contributed by atoms with van der Waals surface area (Å²) in [5, 5.41) is 0. The first-order valence-electron chi connectivity index (χ1n) is 10.2. The molecule has 3 heterocycles. The minimum Gasteiger partial charge on any atom is -0.461 e. The van der Waals surface area contributed by atoms with Gasteiger partial charge in [-0.2, -0.15) is 0 Å². The van der Waals surface area contributed by atoms with Crippen molar-refractivity contribution in [3.8, 4) is 0 Å². The van der Waals surface area contributed by atoms with Crippen LogP contribution >= 0.6 is 0 Å². The first-order valence-corrected chi connectivity index (χ1v) is 10.2. The van der Waals surface area contributed by atoms with Crippen LogP contribution in [0.15, 0.2) is 22.6 Å². The summed E-state index contributed by atoms with van der Waals surface area (Å²) in [5.41, 5.74) is 0. The first-order chi connectivity index (χ1) is 13.1. The van der Waals surface area contributed by atoms with Crippen LogP contribution in [-0.4, -0.2) is 72.3 Å². The van der Waals surface area contributed by atoms with Crippen molar-refractivity contribution in [2.75, 3.05) is 45.8 Å². The number of furan rings is 1. The molecule has 2 saturated heterocycles. The van der Waals surface area contributed by atoms with Gasteiger partial charge >= 0.3 is 0 Å². The van der Waals surface area contributed by atoms with E-state index >= 15 is 0 Å². The fourth-order valence-corrected chi connectivity index (χ4v) is 4.02. The van der Waals surface area contributed by atoms with E-state index < -0.39 is 0 Å². The van der Waals surface area contributed by atoms with Gasteiger partial charge in [0.25, 0.3) is 0 Å². The summed E-state index contributed by atoms with van der Waals surface area (Å²) in [4.78, 5) is 30.6. The highest BCUT2D eigenvalue weighted by atomic mass is 16.3. The minimum atomic E-state index is 0.0123. The summed E-state index contributed by atoms with van der Waals surface area (Å²) in [6.07, 6.45) is 6.81. The Morgan fingerprint density at radius 3 is 2.44 bits per heavy atom. The van der Waals surface area contributed by atoms with Crippen LogP contribution in [0.4, 0.5) is 0 Å². The van der Waals surface area contributed by atoms with E-state index in [1.165, 1.54) is 6.42 Å². The lowest BCUT2D eigenvalue weighted by molar-refractivity contribution is -0.132. The summed E-state index contributed by atoms with van der Waals surface area (Å²) in [7, 11) is 0. The highest BCUT2D eigenvalue weighted by Crippen LogP contribution is 2.47. The van der Waals surface area contributed by atoms with E-state index in [0.29, 0.717) is 31.5 Å². The number of piperazine rings is 1. The predicted molar refractivity (Wildman–Crippen MR) is 103 cm³/mol. The summed E-state index contributed by atoms with van der Waals surface area (Å²) in [6, 6.07) is 3.96. The molecule has 1 aromatic rings. The maximum absolute atomic E-state index is 12.4. The van der Waals surface area contributed by atoms with Crippen LogP contribution in [0.2, 0.25) is 0 Å². The third-order valence-electron chi connectivity index (χ3n) is 6.01. The van der Waals surface area contributed by atoms with Crippen molar-refractivity contribution in [1.29, 1.82) is 0 Å². The molecule has 6 heteroatoms. The average molecular weight is 371 g/mol. The number of carbonyl (C=O) groups excluding carboxylic acids is 2. The molecule has 2 unspecified atom stereocenters. The standard InChI is InChI=1S/C21H29N3O3/c1-16-14-18(16)19-6-4-17(27-19)5-7-20(25)24-12-10-22(11-13-24)15-21(26)23-8-2-3-9-23/h4-7,16,18H,2-3,8-15H2,1H3/b7-5+. The lowest BCUT2D eigenvalue weighted by atomic mass is 10.2. The highest BCUT2D eigenvalue weighted by Gasteiger charge is 2.36. The maximum Gasteiger partial charge on any atom is 0.246 e. The van der Waals surface area contributed by atoms with Crippen LogP contribution in [0.3, 0.4) is 0 Å². The molecule has 1 aromatic heterocycles. The summed E-state index contributed by atoms with van der Waals surface area (Å²) >= 11 is 0. The predicted octanol–water partition coefficient (Wildman–Crippen LogP) is 2.18. The van der Waals surface area contributed by atoms with Gasteiger partial charge in [-0.25, -0.2) is 0 Å². The zero-order valence-electron chi connectivity index (χ0n) is 16.1. The van der Waals surface area contributed by atoms with Crippen LogP contribution < -0.4 is 0 Å². The number of hydrogen-bond acceptors (Lipinski definition) is 4. The number of amides is 2. The smallest absolute Gasteiger partial charge is 0.246 e. The van der Waals surface area contributed by atoms with Crippen molar-refractivity contribution in [1.82, 2.24) is 14.7 Å². The fraction of sp³-hybridized carbons (Fsp3) is 0.619. The monoisotopic (exact) mass is 371 g/mol. The number of likely N-dealkylation sites (tertiary alicyclic amines) is 1. The molecule has 0 aromatic carbocycles. The molecule has 146 valence electrons. The van der Waals surface area contributed by atoms with Gasteiger partial charge in [0.15, 0.2) is 0 Å². The molecule has 2 atom stereocenters. The maximum atomic E-state index is 12.4. The van der Waals surface area contributed by atoms with Crippen molar-refractivity contribution in [2.24, 2.45) is 5.92 Å². The van der Waals surface area contributed by atoms with E-state index in [1.54, 1.807) is 12.2 Å². The quantitative estimate of drug-likeness (QED) is 0.745. The average Bonchev–Trinajstić information content (AvgIpc) is 3.11. The van der Waals surface area contributed by atoms with E-state index in [2.05, 4.69) is 11.8 Å². The Kier molecular flexibility index (Phi) is 5.34. The Balaban J connectivity index is 1.22. The van der Waals surface area contributed by atoms with E-state index in [9.17, 15) is 9.59 Å². The van der Waals surface area contributed by atoms with Crippen LogP contribution in [-0.2, 0) is 9.59 Å². The van der Waals surface area contributed by atoms with E-state index in [4.69, 9.17) is 4.42 Å². The van der Waals surface area contributed by atoms with Crippen LogP contribution in [0.25, 0.3) is 6.08 Å². The van der Waals surface area contributed by atoms with Crippen molar-refractivity contribution in [3.63, 3.8) is 0 Å². The lowest BCUT2D eigenvalue weighted by Crippen LogP contribution is -2.51. The lowest BCUT2D eigenvalue weighted by Gasteiger charge is -2.34. The summed E-state index contributed by atoms with van der Waals surface area (Å²) in [6.45, 7) is 7.34. The van der Waals surface area contributed by atoms with Crippen molar-refractivity contribution in [3.05, 3.63) is 29.7 Å². The normalized spacial score (nSPS) is 26.1. The second-order valence-electron chi connectivity index (χ2n) is 8.08. The molecule has 1 saturated carbocycles. The van der Waals surface area contributed by atoms with E-state index in [1.807, 2.05) is 21.9 Å². The van der Waals surface area contributed by atoms with Gasteiger partial charge in [-0.05, 0) is 43.4 Å². The third-order valence-corrected chi connectivity index (χ3v) is 6.01. The molecule has 3 fully saturated rings. The second kappa shape index (κ2) is 7.89. The van der Waals surface area contributed by atoms with Gasteiger partial charge in [0.05, 0.1) is 6.54 Å². The minimum absolute atomic E-state index is 0.0123. The summed E-state index contributed by atoms with van der Waals surface area (Å²) in [5.74, 6) is 3.28. The molecule has 0 radical (unpaired) electrons.